The van der Waals surface area contributed by atoms with Crippen molar-refractivity contribution in [1.29, 1.82) is 0 Å². The molecule has 0 bridgehead atoms. The fourth-order valence-electron chi connectivity index (χ4n) is 3.00. The van der Waals surface area contributed by atoms with Gasteiger partial charge >= 0.3 is 0 Å². The molecule has 0 saturated carbocycles. The highest BCUT2D eigenvalue weighted by molar-refractivity contribution is 5.89. The summed E-state index contributed by atoms with van der Waals surface area (Å²) in [4.78, 5) is 4.65. The summed E-state index contributed by atoms with van der Waals surface area (Å²) in [6.07, 6.45) is 16.1. The molecule has 1 heterocycles. The van der Waals surface area contributed by atoms with Crippen LogP contribution in [0, 0.1) is 5.92 Å². The van der Waals surface area contributed by atoms with E-state index in [-0.39, 0.29) is 0 Å². The van der Waals surface area contributed by atoms with E-state index < -0.39 is 0 Å². The van der Waals surface area contributed by atoms with Crippen molar-refractivity contribution in [2.24, 2.45) is 10.9 Å². The fourth-order valence-corrected chi connectivity index (χ4v) is 3.00. The van der Waals surface area contributed by atoms with Gasteiger partial charge in [0, 0.05) is 0 Å². The van der Waals surface area contributed by atoms with Crippen LogP contribution in [-0.2, 0) is 4.74 Å². The van der Waals surface area contributed by atoms with Gasteiger partial charge in [0.1, 0.15) is 6.61 Å². The Kier molecular flexibility index (Phi) is 11.1. The number of nitrogens with zero attached hydrogens (tertiary/aromatic N) is 1. The molecule has 0 unspecified atom stereocenters. The highest BCUT2D eigenvalue weighted by Gasteiger charge is 2.20. The summed E-state index contributed by atoms with van der Waals surface area (Å²) >= 11 is 0. The Morgan fingerprint density at radius 3 is 1.89 bits per heavy atom. The lowest BCUT2D eigenvalue weighted by molar-refractivity contribution is 0.292. The first kappa shape index (κ1) is 23.5. The zero-order valence-corrected chi connectivity index (χ0v) is 18.8. The van der Waals surface area contributed by atoms with E-state index in [0.29, 0.717) is 12.0 Å². The van der Waals surface area contributed by atoms with Crippen molar-refractivity contribution in [3.63, 3.8) is 0 Å². The Labute approximate surface area is 168 Å². The number of hydrogen-bond donors (Lipinski definition) is 0. The highest BCUT2D eigenvalue weighted by Crippen LogP contribution is 2.17. The van der Waals surface area contributed by atoms with Crippen LogP contribution in [0.4, 0.5) is 0 Å². The van der Waals surface area contributed by atoms with E-state index in [2.05, 4.69) is 77.8 Å². The van der Waals surface area contributed by atoms with Crippen LogP contribution in [0.1, 0.15) is 87.0 Å². The van der Waals surface area contributed by atoms with Crippen molar-refractivity contribution in [2.45, 2.75) is 93.0 Å². The van der Waals surface area contributed by atoms with Gasteiger partial charge < -0.3 is 4.74 Å². The monoisotopic (exact) mass is 371 g/mol. The maximum absolute atomic E-state index is 5.69. The molecular weight excluding hydrogens is 330 g/mol. The summed E-state index contributed by atoms with van der Waals surface area (Å²) in [5, 5.41) is 0. The second-order valence-electron chi connectivity index (χ2n) is 8.58. The van der Waals surface area contributed by atoms with Gasteiger partial charge in [0.25, 0.3) is 0 Å². The van der Waals surface area contributed by atoms with Gasteiger partial charge in [0.15, 0.2) is 0 Å². The quantitative estimate of drug-likeness (QED) is 0.343. The largest absolute Gasteiger partial charge is 0.476 e. The average molecular weight is 372 g/mol. The summed E-state index contributed by atoms with van der Waals surface area (Å²) in [5.41, 5.74) is 5.76. The molecule has 1 aliphatic heterocycles. The van der Waals surface area contributed by atoms with Crippen molar-refractivity contribution in [3.8, 4) is 0 Å². The van der Waals surface area contributed by atoms with Gasteiger partial charge in [-0.05, 0) is 85.1 Å². The molecule has 0 fully saturated rings. The van der Waals surface area contributed by atoms with Crippen molar-refractivity contribution >= 4 is 5.90 Å². The minimum absolute atomic E-state index is 0.324. The maximum Gasteiger partial charge on any atom is 0.208 e. The molecule has 2 nitrogen and oxygen atoms in total. The van der Waals surface area contributed by atoms with Gasteiger partial charge in [0.05, 0.1) is 6.04 Å². The predicted octanol–water partition coefficient (Wildman–Crippen LogP) is 7.59. The zero-order valence-electron chi connectivity index (χ0n) is 18.8. The molecule has 0 spiro atoms. The van der Waals surface area contributed by atoms with E-state index >= 15 is 0 Å². The van der Waals surface area contributed by atoms with Crippen LogP contribution in [0.15, 0.2) is 51.6 Å². The van der Waals surface area contributed by atoms with Crippen LogP contribution in [0.5, 0.6) is 0 Å². The Bertz CT molecular complexity index is 598. The number of ether oxygens (including phenoxy) is 1. The average Bonchev–Trinajstić information content (AvgIpc) is 3.03. The molecule has 152 valence electrons. The zero-order chi connectivity index (χ0) is 20.2. The second kappa shape index (κ2) is 12.8. The van der Waals surface area contributed by atoms with Gasteiger partial charge in [-0.2, -0.15) is 0 Å². The standard InChI is InChI=1S/C25H41NO/c1-19(2)11-8-12-21(5)13-9-14-22(6)15-10-16-23(7)17-25-26-24(18-27-25)20(3)4/h11,13,15,17,20,24H,8-10,12,14,16,18H2,1-7H3/b21-13+,22-15+,23-17+/t24-/m1/s1. The van der Waals surface area contributed by atoms with Crippen LogP contribution < -0.4 is 0 Å². The molecule has 0 aromatic carbocycles. The lowest BCUT2D eigenvalue weighted by atomic mass is 10.0. The third kappa shape index (κ3) is 11.0. The first-order chi connectivity index (χ1) is 12.8. The molecule has 0 saturated heterocycles. The van der Waals surface area contributed by atoms with Gasteiger partial charge in [-0.1, -0.05) is 54.4 Å². The summed E-state index contributed by atoms with van der Waals surface area (Å²) in [6, 6.07) is 0.324. The van der Waals surface area contributed by atoms with Crippen LogP contribution in [-0.4, -0.2) is 18.5 Å². The van der Waals surface area contributed by atoms with Crippen molar-refractivity contribution < 1.29 is 4.74 Å². The van der Waals surface area contributed by atoms with Crippen molar-refractivity contribution in [2.75, 3.05) is 6.61 Å². The Morgan fingerprint density at radius 1 is 0.889 bits per heavy atom. The molecule has 27 heavy (non-hydrogen) atoms. The smallest absolute Gasteiger partial charge is 0.208 e. The van der Waals surface area contributed by atoms with E-state index in [1.165, 1.54) is 28.7 Å². The molecule has 0 radical (unpaired) electrons. The Balaban J connectivity index is 2.31. The van der Waals surface area contributed by atoms with Crippen LogP contribution in [0.25, 0.3) is 0 Å². The maximum atomic E-state index is 5.69. The second-order valence-corrected chi connectivity index (χ2v) is 8.58. The summed E-state index contributed by atoms with van der Waals surface area (Å²) in [6.45, 7) is 16.1. The van der Waals surface area contributed by atoms with Gasteiger partial charge in [-0.25, -0.2) is 4.99 Å². The van der Waals surface area contributed by atoms with E-state index in [0.717, 1.165) is 44.6 Å². The lowest BCUT2D eigenvalue weighted by Crippen LogP contribution is -2.13. The molecule has 0 amide bonds. The molecule has 1 atom stereocenters. The van der Waals surface area contributed by atoms with Crippen LogP contribution >= 0.6 is 0 Å². The summed E-state index contributed by atoms with van der Waals surface area (Å²) < 4.78 is 5.69. The molecule has 0 N–H and O–H groups in total. The normalized spacial score (nSPS) is 18.6. The molecule has 0 aliphatic carbocycles. The molecule has 1 aliphatic rings. The minimum Gasteiger partial charge on any atom is -0.476 e. The highest BCUT2D eigenvalue weighted by atomic mass is 16.5. The molecular formula is C25H41NO. The minimum atomic E-state index is 0.324. The third-order valence-corrected chi connectivity index (χ3v) is 4.99. The topological polar surface area (TPSA) is 21.6 Å². The lowest BCUT2D eigenvalue weighted by Gasteiger charge is -2.06. The Morgan fingerprint density at radius 2 is 1.41 bits per heavy atom. The van der Waals surface area contributed by atoms with E-state index in [4.69, 9.17) is 4.74 Å². The molecule has 0 aromatic heterocycles. The number of hydrogen-bond acceptors (Lipinski definition) is 2. The van der Waals surface area contributed by atoms with Gasteiger partial charge in [0.2, 0.25) is 5.90 Å². The van der Waals surface area contributed by atoms with Gasteiger partial charge in [-0.3, -0.25) is 0 Å². The Hall–Kier alpha value is -1.57. The van der Waals surface area contributed by atoms with Gasteiger partial charge in [-0.15, -0.1) is 0 Å². The molecule has 0 aromatic rings. The van der Waals surface area contributed by atoms with Crippen LogP contribution in [0.2, 0.25) is 0 Å². The first-order valence-electron chi connectivity index (χ1n) is 10.6. The SMILES string of the molecule is CC(C)=CCC/C(C)=C/CC/C(C)=C/CC/C(C)=C/C1=N[C@@H](C(C)C)CO1. The third-order valence-electron chi connectivity index (χ3n) is 4.99. The first-order valence-corrected chi connectivity index (χ1v) is 10.6. The summed E-state index contributed by atoms with van der Waals surface area (Å²) in [5.74, 6) is 1.37. The van der Waals surface area contributed by atoms with E-state index in [9.17, 15) is 0 Å². The van der Waals surface area contributed by atoms with E-state index in [1.54, 1.807) is 0 Å². The van der Waals surface area contributed by atoms with E-state index in [1.807, 2.05) is 0 Å². The van der Waals surface area contributed by atoms with Crippen molar-refractivity contribution in [1.82, 2.24) is 0 Å². The predicted molar refractivity (Wildman–Crippen MR) is 120 cm³/mol. The number of allylic oxidation sites excluding steroid dienone is 7. The molecule has 1 rings (SSSR count). The number of aliphatic imine (C=N–C) groups is 1. The fraction of sp³-hybridized carbons (Fsp3) is 0.640. The number of rotatable bonds is 11. The summed E-state index contributed by atoms with van der Waals surface area (Å²) in [7, 11) is 0. The van der Waals surface area contributed by atoms with Crippen molar-refractivity contribution in [3.05, 3.63) is 46.6 Å². The van der Waals surface area contributed by atoms with Crippen LogP contribution in [0.3, 0.4) is 0 Å². The molecule has 2 heteroatoms.